The molecular formula is C55H52O4. The van der Waals surface area contributed by atoms with E-state index in [0.717, 1.165) is 48.3 Å². The van der Waals surface area contributed by atoms with Gasteiger partial charge in [-0.05, 0) is 105 Å². The summed E-state index contributed by atoms with van der Waals surface area (Å²) in [4.78, 5) is 0. The van der Waals surface area contributed by atoms with Crippen molar-refractivity contribution in [1.29, 1.82) is 0 Å². The van der Waals surface area contributed by atoms with Crippen LogP contribution in [0.15, 0.2) is 157 Å². The van der Waals surface area contributed by atoms with Crippen molar-refractivity contribution in [2.75, 3.05) is 26.4 Å². The second-order valence-electron chi connectivity index (χ2n) is 17.2. The summed E-state index contributed by atoms with van der Waals surface area (Å²) in [5, 5.41) is 20.3. The fraction of sp³-hybridized carbons (Fsp3) is 0.273. The molecule has 4 aromatic rings. The molecule has 0 fully saturated rings. The van der Waals surface area contributed by atoms with Crippen molar-refractivity contribution in [2.45, 2.75) is 56.8 Å². The van der Waals surface area contributed by atoms with Crippen LogP contribution < -0.4 is 9.47 Å². The normalized spacial score (nSPS) is 22.0. The molecule has 0 bridgehead atoms. The number of allylic oxidation sites excluding steroid dienone is 14. The van der Waals surface area contributed by atoms with E-state index in [1.54, 1.807) is 0 Å². The van der Waals surface area contributed by atoms with Crippen LogP contribution in [0.5, 0.6) is 11.5 Å². The van der Waals surface area contributed by atoms with Crippen LogP contribution in [0.1, 0.15) is 94.2 Å². The summed E-state index contributed by atoms with van der Waals surface area (Å²) in [6, 6.07) is 27.1. The molecule has 0 spiro atoms. The Labute approximate surface area is 348 Å². The SMILES string of the molecule is CC(C)(c1cc(C2=CCc3ccccc32)c(OCCO)c(C2CC=C3C=CC=CC32)c1)c1cc(C2=CCc3ccccc32)c(OCCO)c(C2CC=C3C=CC=CC32)c1. The van der Waals surface area contributed by atoms with Crippen molar-refractivity contribution in [3.8, 4) is 11.5 Å². The first-order chi connectivity index (χ1) is 28.9. The van der Waals surface area contributed by atoms with E-state index in [9.17, 15) is 10.2 Å². The van der Waals surface area contributed by atoms with Crippen LogP contribution in [-0.2, 0) is 18.3 Å². The number of aliphatic hydroxyl groups is 2. The van der Waals surface area contributed by atoms with Gasteiger partial charge in [-0.1, -0.05) is 147 Å². The monoisotopic (exact) mass is 776 g/mol. The Hall–Kier alpha value is -5.68. The molecule has 0 amide bonds. The lowest BCUT2D eigenvalue weighted by atomic mass is 9.72. The summed E-state index contributed by atoms with van der Waals surface area (Å²) in [6.45, 7) is 5.09. The van der Waals surface area contributed by atoms with Crippen molar-refractivity contribution >= 4 is 11.1 Å². The number of hydrogen-bond acceptors (Lipinski definition) is 4. The van der Waals surface area contributed by atoms with E-state index in [4.69, 9.17) is 9.47 Å². The first kappa shape index (κ1) is 37.6. The highest BCUT2D eigenvalue weighted by Crippen LogP contribution is 2.53. The Kier molecular flexibility index (Phi) is 9.87. The second-order valence-corrected chi connectivity index (χ2v) is 17.2. The summed E-state index contributed by atoms with van der Waals surface area (Å²) in [7, 11) is 0. The third kappa shape index (κ3) is 6.54. The molecule has 0 radical (unpaired) electrons. The molecule has 2 N–H and O–H groups in total. The highest BCUT2D eigenvalue weighted by atomic mass is 16.5. The molecule has 4 nitrogen and oxygen atoms in total. The first-order valence-corrected chi connectivity index (χ1v) is 21.5. The van der Waals surface area contributed by atoms with Gasteiger partial charge in [0.25, 0.3) is 0 Å². The molecule has 296 valence electrons. The number of benzene rings is 4. The van der Waals surface area contributed by atoms with Gasteiger partial charge in [-0.2, -0.15) is 0 Å². The lowest BCUT2D eigenvalue weighted by Crippen LogP contribution is -2.23. The lowest BCUT2D eigenvalue weighted by Gasteiger charge is -2.33. The van der Waals surface area contributed by atoms with Gasteiger partial charge in [-0.25, -0.2) is 0 Å². The molecule has 6 aliphatic carbocycles. The molecule has 0 saturated heterocycles. The van der Waals surface area contributed by atoms with E-state index in [-0.39, 0.29) is 50.1 Å². The number of aliphatic hydroxyl groups excluding tert-OH is 2. The lowest BCUT2D eigenvalue weighted by molar-refractivity contribution is 0.199. The Morgan fingerprint density at radius 3 is 1.47 bits per heavy atom. The highest BCUT2D eigenvalue weighted by molar-refractivity contribution is 5.90. The standard InChI is InChI=1S/C55H52O4/c1-55(2,39-31-49(45-23-19-35-11-3-7-15-41(35)45)53(58-29-27-56)50(32-39)46-24-20-36-12-4-8-16-42(36)46)40-33-51(47-25-21-37-13-5-9-17-43(37)47)54(59-30-28-57)52(34-40)48-26-22-38-14-6-10-18-44(38)48/h3-19,21,24,26,31-34,41,43,45,47,56-57H,20,22-23,25,27-30H2,1-2H3. The molecule has 4 atom stereocenters. The van der Waals surface area contributed by atoms with Crippen LogP contribution in [0.3, 0.4) is 0 Å². The van der Waals surface area contributed by atoms with Gasteiger partial charge in [-0.3, -0.25) is 0 Å². The number of hydrogen-bond donors (Lipinski definition) is 2. The van der Waals surface area contributed by atoms with Gasteiger partial charge in [0, 0.05) is 40.2 Å². The van der Waals surface area contributed by atoms with E-state index < -0.39 is 5.41 Å². The molecule has 0 aliphatic heterocycles. The largest absolute Gasteiger partial charge is 0.490 e. The zero-order chi connectivity index (χ0) is 40.1. The van der Waals surface area contributed by atoms with Crippen LogP contribution in [0.4, 0.5) is 0 Å². The Balaban J connectivity index is 1.19. The van der Waals surface area contributed by atoms with Crippen LogP contribution in [0.25, 0.3) is 11.1 Å². The smallest absolute Gasteiger partial charge is 0.130 e. The minimum absolute atomic E-state index is 0.0546. The van der Waals surface area contributed by atoms with Crippen LogP contribution >= 0.6 is 0 Å². The van der Waals surface area contributed by atoms with Crippen molar-refractivity contribution in [3.63, 3.8) is 0 Å². The maximum absolute atomic E-state index is 10.1. The average molecular weight is 777 g/mol. The number of ether oxygens (including phenoxy) is 2. The summed E-state index contributed by atoms with van der Waals surface area (Å²) in [5.41, 5.74) is 16.8. The minimum atomic E-state index is -0.455. The first-order valence-electron chi connectivity index (χ1n) is 21.5. The van der Waals surface area contributed by atoms with Crippen LogP contribution in [0.2, 0.25) is 0 Å². The molecule has 4 heteroatoms. The highest BCUT2D eigenvalue weighted by Gasteiger charge is 2.38. The molecular weight excluding hydrogens is 725 g/mol. The van der Waals surface area contributed by atoms with E-state index in [0.29, 0.717) is 0 Å². The van der Waals surface area contributed by atoms with E-state index in [2.05, 4.69) is 160 Å². The van der Waals surface area contributed by atoms with Gasteiger partial charge in [0.2, 0.25) is 0 Å². The molecule has 4 unspecified atom stereocenters. The Morgan fingerprint density at radius 2 is 1.02 bits per heavy atom. The third-order valence-electron chi connectivity index (χ3n) is 13.7. The van der Waals surface area contributed by atoms with Crippen molar-refractivity contribution in [1.82, 2.24) is 0 Å². The summed E-state index contributed by atoms with van der Waals surface area (Å²) in [6.07, 6.45) is 30.9. The molecule has 6 aliphatic rings. The minimum Gasteiger partial charge on any atom is -0.490 e. The summed E-state index contributed by atoms with van der Waals surface area (Å²) < 4.78 is 13.4. The van der Waals surface area contributed by atoms with E-state index >= 15 is 0 Å². The van der Waals surface area contributed by atoms with Crippen molar-refractivity contribution < 1.29 is 19.7 Å². The number of fused-ring (bicyclic) bond motifs is 4. The summed E-state index contributed by atoms with van der Waals surface area (Å²) >= 11 is 0. The van der Waals surface area contributed by atoms with Crippen LogP contribution in [0, 0.1) is 11.8 Å². The third-order valence-corrected chi connectivity index (χ3v) is 13.7. The quantitative estimate of drug-likeness (QED) is 0.150. The molecule has 4 aromatic carbocycles. The molecule has 0 saturated carbocycles. The maximum Gasteiger partial charge on any atom is 0.130 e. The van der Waals surface area contributed by atoms with Crippen LogP contribution in [-0.4, -0.2) is 36.6 Å². The zero-order valence-electron chi connectivity index (χ0n) is 34.0. The van der Waals surface area contributed by atoms with Crippen molar-refractivity contribution in [2.24, 2.45) is 11.8 Å². The van der Waals surface area contributed by atoms with E-state index in [1.807, 2.05) is 0 Å². The van der Waals surface area contributed by atoms with Gasteiger partial charge in [-0.15, -0.1) is 0 Å². The molecule has 10 rings (SSSR count). The average Bonchev–Trinajstić information content (AvgIpc) is 4.09. The Morgan fingerprint density at radius 1 is 0.559 bits per heavy atom. The van der Waals surface area contributed by atoms with Gasteiger partial charge in [0.1, 0.15) is 24.7 Å². The Bertz CT molecular complexity index is 2410. The fourth-order valence-electron chi connectivity index (χ4n) is 10.6. The summed E-state index contributed by atoms with van der Waals surface area (Å²) in [5.74, 6) is 2.66. The molecule has 59 heavy (non-hydrogen) atoms. The van der Waals surface area contributed by atoms with Gasteiger partial charge < -0.3 is 19.7 Å². The topological polar surface area (TPSA) is 58.9 Å². The predicted octanol–water partition coefficient (Wildman–Crippen LogP) is 11.0. The van der Waals surface area contributed by atoms with Crippen molar-refractivity contribution in [3.05, 3.63) is 212 Å². The van der Waals surface area contributed by atoms with Gasteiger partial charge >= 0.3 is 0 Å². The van der Waals surface area contributed by atoms with Gasteiger partial charge in [0.05, 0.1) is 13.2 Å². The predicted molar refractivity (Wildman–Crippen MR) is 239 cm³/mol. The maximum atomic E-state index is 10.1. The fourth-order valence-corrected chi connectivity index (χ4v) is 10.6. The number of rotatable bonds is 12. The van der Waals surface area contributed by atoms with E-state index in [1.165, 1.54) is 66.8 Å². The zero-order valence-corrected chi connectivity index (χ0v) is 34.0. The molecule has 0 heterocycles. The second kappa shape index (κ2) is 15.5. The molecule has 0 aromatic heterocycles. The van der Waals surface area contributed by atoms with Gasteiger partial charge in [0.15, 0.2) is 0 Å².